The van der Waals surface area contributed by atoms with Crippen LogP contribution in [0.15, 0.2) is 12.5 Å². The van der Waals surface area contributed by atoms with E-state index in [4.69, 9.17) is 22.6 Å². The van der Waals surface area contributed by atoms with Crippen LogP contribution in [0.25, 0.3) is 11.0 Å². The summed E-state index contributed by atoms with van der Waals surface area (Å²) in [6.45, 7) is 1.52. The smallest absolute Gasteiger partial charge is 0.251 e. The van der Waals surface area contributed by atoms with Crippen LogP contribution < -0.4 is 11.5 Å². The van der Waals surface area contributed by atoms with E-state index in [2.05, 4.69) is 15.9 Å². The van der Waals surface area contributed by atoms with Crippen molar-refractivity contribution in [3.63, 3.8) is 0 Å². The quantitative estimate of drug-likeness (QED) is 0.646. The standard InChI is InChI=1S/C14H17N5O3/c1-3-4-9(6-20)22-8(2)19-5-10(13(16)21)11-12(15)17-7-18-14(11)19/h1,5,7-9,20H,4,6H2,2H3,(H2,16,21)(H2,15,17,18)/t8-,9+/m1/s1. The van der Waals surface area contributed by atoms with Crippen molar-refractivity contribution in [3.05, 3.63) is 18.1 Å². The van der Waals surface area contributed by atoms with Gasteiger partial charge in [0.2, 0.25) is 0 Å². The molecule has 2 aromatic heterocycles. The Labute approximate surface area is 127 Å². The lowest BCUT2D eigenvalue weighted by Crippen LogP contribution is -2.22. The summed E-state index contributed by atoms with van der Waals surface area (Å²) in [7, 11) is 0. The molecule has 0 unspecified atom stereocenters. The number of rotatable bonds is 6. The number of hydrogen-bond acceptors (Lipinski definition) is 6. The van der Waals surface area contributed by atoms with E-state index in [0.717, 1.165) is 0 Å². The van der Waals surface area contributed by atoms with Crippen LogP contribution in [-0.2, 0) is 4.74 Å². The number of nitrogens with two attached hydrogens (primary N) is 2. The van der Waals surface area contributed by atoms with E-state index in [1.54, 1.807) is 11.5 Å². The molecule has 0 aliphatic carbocycles. The van der Waals surface area contributed by atoms with Crippen LogP contribution in [0.5, 0.6) is 0 Å². The van der Waals surface area contributed by atoms with Crippen molar-refractivity contribution in [1.82, 2.24) is 14.5 Å². The van der Waals surface area contributed by atoms with Gasteiger partial charge in [0.05, 0.1) is 23.7 Å². The van der Waals surface area contributed by atoms with Gasteiger partial charge in [-0.3, -0.25) is 4.79 Å². The molecule has 0 saturated heterocycles. The van der Waals surface area contributed by atoms with Crippen molar-refractivity contribution < 1.29 is 14.6 Å². The molecule has 2 aromatic rings. The average Bonchev–Trinajstić information content (AvgIpc) is 2.88. The number of nitrogen functional groups attached to an aromatic ring is 1. The summed E-state index contributed by atoms with van der Waals surface area (Å²) in [5, 5.41) is 9.63. The van der Waals surface area contributed by atoms with Crippen LogP contribution in [0.3, 0.4) is 0 Å². The zero-order valence-electron chi connectivity index (χ0n) is 12.1. The summed E-state index contributed by atoms with van der Waals surface area (Å²) in [5.74, 6) is 1.95. The average molecular weight is 303 g/mol. The van der Waals surface area contributed by atoms with E-state index in [9.17, 15) is 9.90 Å². The van der Waals surface area contributed by atoms with Crippen molar-refractivity contribution >= 4 is 22.8 Å². The molecule has 2 heterocycles. The van der Waals surface area contributed by atoms with E-state index < -0.39 is 18.2 Å². The minimum absolute atomic E-state index is 0.159. The van der Waals surface area contributed by atoms with Crippen molar-refractivity contribution in [3.8, 4) is 12.3 Å². The van der Waals surface area contributed by atoms with Gasteiger partial charge in [0.25, 0.3) is 5.91 Å². The van der Waals surface area contributed by atoms with E-state index >= 15 is 0 Å². The molecule has 0 saturated carbocycles. The Hall–Kier alpha value is -2.63. The molecule has 1 amide bonds. The monoisotopic (exact) mass is 303 g/mol. The van der Waals surface area contributed by atoms with Gasteiger partial charge in [0.1, 0.15) is 24.0 Å². The number of aliphatic hydroxyl groups excluding tert-OH is 1. The molecule has 0 aromatic carbocycles. The largest absolute Gasteiger partial charge is 0.394 e. The maximum atomic E-state index is 11.6. The lowest BCUT2D eigenvalue weighted by molar-refractivity contribution is -0.0605. The molecule has 2 rings (SSSR count). The molecule has 22 heavy (non-hydrogen) atoms. The first-order valence-electron chi connectivity index (χ1n) is 6.60. The highest BCUT2D eigenvalue weighted by Crippen LogP contribution is 2.27. The summed E-state index contributed by atoms with van der Waals surface area (Å²) in [6.07, 6.45) is 7.23. The van der Waals surface area contributed by atoms with Gasteiger partial charge in [0, 0.05) is 12.6 Å². The maximum Gasteiger partial charge on any atom is 0.251 e. The number of ether oxygens (including phenoxy) is 1. The van der Waals surface area contributed by atoms with Gasteiger partial charge in [0.15, 0.2) is 0 Å². The molecule has 8 heteroatoms. The number of anilines is 1. The third kappa shape index (κ3) is 2.86. The number of terminal acetylenes is 1. The molecular formula is C14H17N5O3. The van der Waals surface area contributed by atoms with Crippen LogP contribution in [-0.4, -0.2) is 38.3 Å². The summed E-state index contributed by atoms with van der Waals surface area (Å²) in [5.41, 5.74) is 11.8. The van der Waals surface area contributed by atoms with Gasteiger partial charge in [-0.15, -0.1) is 12.3 Å². The highest BCUT2D eigenvalue weighted by molar-refractivity contribution is 6.08. The normalized spacial score (nSPS) is 13.7. The van der Waals surface area contributed by atoms with E-state index in [1.807, 2.05) is 0 Å². The second-order valence-corrected chi connectivity index (χ2v) is 4.72. The van der Waals surface area contributed by atoms with Crippen LogP contribution in [0.1, 0.15) is 29.9 Å². The number of carbonyl (C=O) groups is 1. The van der Waals surface area contributed by atoms with Gasteiger partial charge in [-0.25, -0.2) is 9.97 Å². The van der Waals surface area contributed by atoms with E-state index in [0.29, 0.717) is 11.0 Å². The first-order chi connectivity index (χ1) is 10.5. The second kappa shape index (κ2) is 6.43. The lowest BCUT2D eigenvalue weighted by Gasteiger charge is -2.21. The highest BCUT2D eigenvalue weighted by atomic mass is 16.5. The summed E-state index contributed by atoms with van der Waals surface area (Å²) in [6, 6.07) is 0. The number of aromatic nitrogens is 3. The molecule has 0 aliphatic heterocycles. The molecule has 0 spiro atoms. The van der Waals surface area contributed by atoms with Gasteiger partial charge in [-0.1, -0.05) is 0 Å². The lowest BCUT2D eigenvalue weighted by atomic mass is 10.2. The van der Waals surface area contributed by atoms with Crippen LogP contribution >= 0.6 is 0 Å². The summed E-state index contributed by atoms with van der Waals surface area (Å²) >= 11 is 0. The molecule has 5 N–H and O–H groups in total. The van der Waals surface area contributed by atoms with Crippen LogP contribution in [0, 0.1) is 12.3 Å². The van der Waals surface area contributed by atoms with Gasteiger partial charge >= 0.3 is 0 Å². The summed E-state index contributed by atoms with van der Waals surface area (Å²) < 4.78 is 7.29. The van der Waals surface area contributed by atoms with Gasteiger partial charge in [-0.2, -0.15) is 0 Å². The summed E-state index contributed by atoms with van der Waals surface area (Å²) in [4.78, 5) is 19.6. The predicted octanol–water partition coefficient (Wildman–Crippen LogP) is 0.0317. The molecular weight excluding hydrogens is 286 g/mol. The van der Waals surface area contributed by atoms with E-state index in [1.165, 1.54) is 12.5 Å². The molecule has 0 bridgehead atoms. The van der Waals surface area contributed by atoms with Gasteiger partial charge in [-0.05, 0) is 6.92 Å². The van der Waals surface area contributed by atoms with Crippen molar-refractivity contribution in [1.29, 1.82) is 0 Å². The zero-order chi connectivity index (χ0) is 16.3. The Morgan fingerprint density at radius 1 is 1.59 bits per heavy atom. The van der Waals surface area contributed by atoms with Gasteiger partial charge < -0.3 is 25.9 Å². The fraction of sp³-hybridized carbons (Fsp3) is 0.357. The fourth-order valence-corrected chi connectivity index (χ4v) is 2.20. The van der Waals surface area contributed by atoms with Crippen LogP contribution in [0.4, 0.5) is 5.82 Å². The van der Waals surface area contributed by atoms with Crippen LogP contribution in [0.2, 0.25) is 0 Å². The third-order valence-corrected chi connectivity index (χ3v) is 3.23. The highest BCUT2D eigenvalue weighted by Gasteiger charge is 2.21. The van der Waals surface area contributed by atoms with Crippen molar-refractivity contribution in [2.45, 2.75) is 25.7 Å². The zero-order valence-corrected chi connectivity index (χ0v) is 12.1. The minimum Gasteiger partial charge on any atom is -0.394 e. The Morgan fingerprint density at radius 3 is 2.91 bits per heavy atom. The molecule has 8 nitrogen and oxygen atoms in total. The topological polar surface area (TPSA) is 129 Å². The molecule has 2 atom stereocenters. The van der Waals surface area contributed by atoms with Crippen molar-refractivity contribution in [2.24, 2.45) is 5.73 Å². The number of carbonyl (C=O) groups excluding carboxylic acids is 1. The molecule has 116 valence electrons. The predicted molar refractivity (Wildman–Crippen MR) is 80.6 cm³/mol. The second-order valence-electron chi connectivity index (χ2n) is 4.72. The number of aliphatic hydroxyl groups is 1. The number of nitrogens with zero attached hydrogens (tertiary/aromatic N) is 3. The number of fused-ring (bicyclic) bond motifs is 1. The Kier molecular flexibility index (Phi) is 4.60. The molecule has 0 aliphatic rings. The molecule has 0 radical (unpaired) electrons. The Balaban J connectivity index is 2.45. The molecule has 0 fully saturated rings. The fourth-order valence-electron chi connectivity index (χ4n) is 2.20. The number of amides is 1. The maximum absolute atomic E-state index is 11.6. The minimum atomic E-state index is -0.639. The van der Waals surface area contributed by atoms with E-state index in [-0.39, 0.29) is 24.4 Å². The third-order valence-electron chi connectivity index (χ3n) is 3.23. The first-order valence-corrected chi connectivity index (χ1v) is 6.60. The SMILES string of the molecule is C#CC[C@@H](CO)O[C@H](C)n1cc(C(N)=O)c2c(N)ncnc21. The number of primary amides is 1. The Bertz CT molecular complexity index is 734. The number of hydrogen-bond donors (Lipinski definition) is 3. The Morgan fingerprint density at radius 2 is 2.32 bits per heavy atom. The first kappa shape index (κ1) is 15.8. The van der Waals surface area contributed by atoms with Crippen molar-refractivity contribution in [2.75, 3.05) is 12.3 Å².